The molecule has 26 heavy (non-hydrogen) atoms. The third kappa shape index (κ3) is 3.73. The van der Waals surface area contributed by atoms with Crippen LogP contribution in [0.3, 0.4) is 0 Å². The Kier molecular flexibility index (Phi) is 5.58. The van der Waals surface area contributed by atoms with Gasteiger partial charge in [-0.25, -0.2) is 0 Å². The lowest BCUT2D eigenvalue weighted by molar-refractivity contribution is 0.738. The largest absolute Gasteiger partial charge is 0.146 e. The highest BCUT2D eigenvalue weighted by molar-refractivity contribution is 7.07. The second-order valence-electron chi connectivity index (χ2n) is 7.88. The molecule has 0 unspecified atom stereocenters. The van der Waals surface area contributed by atoms with Gasteiger partial charge >= 0.3 is 0 Å². The normalized spacial score (nSPS) is 12.4. The molecule has 0 heterocycles. The fourth-order valence-corrected chi connectivity index (χ4v) is 8.72. The number of benzene rings is 3. The van der Waals surface area contributed by atoms with Gasteiger partial charge in [-0.05, 0) is 27.4 Å². The first-order valence-corrected chi connectivity index (χ1v) is 11.4. The smallest absolute Gasteiger partial charge is 0.0891 e. The van der Waals surface area contributed by atoms with Crippen molar-refractivity contribution in [2.24, 2.45) is 0 Å². The van der Waals surface area contributed by atoms with Crippen molar-refractivity contribution in [1.82, 2.24) is 0 Å². The molecule has 132 valence electrons. The number of rotatable bonds is 5. The van der Waals surface area contributed by atoms with Crippen LogP contribution in [0.25, 0.3) is 0 Å². The van der Waals surface area contributed by atoms with E-state index < -0.39 is 8.07 Å². The Morgan fingerprint density at radius 1 is 0.654 bits per heavy atom. The maximum atomic E-state index is 2.56. The molecule has 0 N–H and O–H groups in total. The molecule has 0 bridgehead atoms. The van der Waals surface area contributed by atoms with E-state index in [1.807, 2.05) is 0 Å². The molecular formula is C25H28Si. The van der Waals surface area contributed by atoms with Gasteiger partial charge in [-0.1, -0.05) is 124 Å². The molecule has 0 spiro atoms. The fraction of sp³-hybridized carbons (Fsp3) is 0.200. The molecule has 1 heteroatoms. The van der Waals surface area contributed by atoms with Crippen LogP contribution in [-0.2, 0) is 6.42 Å². The number of hydrogen-bond donors (Lipinski definition) is 0. The van der Waals surface area contributed by atoms with Crippen LogP contribution < -0.4 is 10.4 Å². The molecule has 0 aliphatic heterocycles. The summed E-state index contributed by atoms with van der Waals surface area (Å²) in [6.07, 6.45) is 3.37. The van der Waals surface area contributed by atoms with Gasteiger partial charge in [-0.15, -0.1) is 0 Å². The van der Waals surface area contributed by atoms with Crippen molar-refractivity contribution in [1.29, 1.82) is 0 Å². The average molecular weight is 357 g/mol. The molecule has 0 aliphatic carbocycles. The summed E-state index contributed by atoms with van der Waals surface area (Å²) in [4.78, 5) is 0. The van der Waals surface area contributed by atoms with Gasteiger partial charge in [0.1, 0.15) is 8.07 Å². The Morgan fingerprint density at radius 2 is 1.08 bits per heavy atom. The van der Waals surface area contributed by atoms with Crippen LogP contribution in [0.2, 0.25) is 5.04 Å². The van der Waals surface area contributed by atoms with Gasteiger partial charge in [0.25, 0.3) is 0 Å². The van der Waals surface area contributed by atoms with Gasteiger partial charge < -0.3 is 0 Å². The standard InChI is InChI=1S/C25H28Si/c1-25(2,3)26(23-17-9-5-10-18-23,24-19-11-6-12-20-24)21-13-16-22-14-7-4-8-15-22/h4-15,17-21H,16H2,1-3H3/b21-13+. The van der Waals surface area contributed by atoms with E-state index in [0.717, 1.165) is 6.42 Å². The van der Waals surface area contributed by atoms with Gasteiger partial charge in [-0.3, -0.25) is 0 Å². The zero-order valence-electron chi connectivity index (χ0n) is 16.0. The zero-order valence-corrected chi connectivity index (χ0v) is 17.0. The predicted octanol–water partition coefficient (Wildman–Crippen LogP) is 5.39. The van der Waals surface area contributed by atoms with E-state index in [1.165, 1.54) is 15.9 Å². The van der Waals surface area contributed by atoms with Crippen LogP contribution in [0.5, 0.6) is 0 Å². The van der Waals surface area contributed by atoms with Crippen LogP contribution in [0, 0.1) is 0 Å². The predicted molar refractivity (Wildman–Crippen MR) is 117 cm³/mol. The van der Waals surface area contributed by atoms with Crippen molar-refractivity contribution < 1.29 is 0 Å². The zero-order chi connectivity index (χ0) is 18.5. The van der Waals surface area contributed by atoms with Crippen molar-refractivity contribution in [3.63, 3.8) is 0 Å². The van der Waals surface area contributed by atoms with Crippen molar-refractivity contribution in [2.75, 3.05) is 0 Å². The average Bonchev–Trinajstić information content (AvgIpc) is 2.66. The summed E-state index contributed by atoms with van der Waals surface area (Å²) in [5.74, 6) is 0. The first-order chi connectivity index (χ1) is 12.5. The summed E-state index contributed by atoms with van der Waals surface area (Å²) >= 11 is 0. The Labute approximate surface area is 159 Å². The summed E-state index contributed by atoms with van der Waals surface area (Å²) in [7, 11) is -2.08. The second-order valence-corrected chi connectivity index (χ2v) is 12.5. The van der Waals surface area contributed by atoms with E-state index >= 15 is 0 Å². The van der Waals surface area contributed by atoms with Crippen LogP contribution in [0.4, 0.5) is 0 Å². The van der Waals surface area contributed by atoms with Crippen LogP contribution in [-0.4, -0.2) is 8.07 Å². The summed E-state index contributed by atoms with van der Waals surface area (Å²) in [6.45, 7) is 7.18. The Hall–Kier alpha value is -2.38. The van der Waals surface area contributed by atoms with Gasteiger partial charge in [0.15, 0.2) is 0 Å². The quantitative estimate of drug-likeness (QED) is 0.538. The molecule has 0 atom stereocenters. The van der Waals surface area contributed by atoms with E-state index in [-0.39, 0.29) is 5.04 Å². The molecule has 0 fully saturated rings. The van der Waals surface area contributed by atoms with E-state index in [2.05, 4.69) is 124 Å². The van der Waals surface area contributed by atoms with Crippen LogP contribution in [0.15, 0.2) is 103 Å². The minimum absolute atomic E-state index is 0.170. The molecule has 0 amide bonds. The molecule has 0 nitrogen and oxygen atoms in total. The molecule has 3 aromatic carbocycles. The summed E-state index contributed by atoms with van der Waals surface area (Å²) in [5.41, 5.74) is 3.92. The summed E-state index contributed by atoms with van der Waals surface area (Å²) < 4.78 is 0. The lowest BCUT2D eigenvalue weighted by atomic mass is 10.2. The van der Waals surface area contributed by atoms with Gasteiger partial charge in [0.05, 0.1) is 0 Å². The monoisotopic (exact) mass is 356 g/mol. The minimum atomic E-state index is -2.08. The molecule has 3 aromatic rings. The van der Waals surface area contributed by atoms with Crippen molar-refractivity contribution in [3.05, 3.63) is 108 Å². The van der Waals surface area contributed by atoms with E-state index in [1.54, 1.807) is 0 Å². The van der Waals surface area contributed by atoms with Crippen molar-refractivity contribution in [2.45, 2.75) is 32.2 Å². The lowest BCUT2D eigenvalue weighted by Crippen LogP contribution is -2.63. The van der Waals surface area contributed by atoms with Gasteiger partial charge in [0.2, 0.25) is 0 Å². The molecule has 3 rings (SSSR count). The minimum Gasteiger partial charge on any atom is -0.0891 e. The molecule has 0 saturated heterocycles. The SMILES string of the molecule is CC(C)(C)[Si](/C=C/Cc1ccccc1)(c1ccccc1)c1ccccc1. The molecule has 0 radical (unpaired) electrons. The fourth-order valence-electron chi connectivity index (χ4n) is 3.86. The number of hydrogen-bond acceptors (Lipinski definition) is 0. The van der Waals surface area contributed by atoms with E-state index in [0.29, 0.717) is 0 Å². The first kappa shape index (κ1) is 18.4. The summed E-state index contributed by atoms with van der Waals surface area (Å²) in [5, 5.41) is 3.12. The molecule has 0 aliphatic rings. The number of allylic oxidation sites excluding steroid dienone is 1. The van der Waals surface area contributed by atoms with E-state index in [4.69, 9.17) is 0 Å². The van der Waals surface area contributed by atoms with Gasteiger partial charge in [0, 0.05) is 0 Å². The van der Waals surface area contributed by atoms with E-state index in [9.17, 15) is 0 Å². The molecular weight excluding hydrogens is 328 g/mol. The van der Waals surface area contributed by atoms with Crippen molar-refractivity contribution >= 4 is 18.4 Å². The Bertz CT molecular complexity index is 788. The summed E-state index contributed by atoms with van der Waals surface area (Å²) in [6, 6.07) is 32.9. The lowest BCUT2D eigenvalue weighted by Gasteiger charge is -2.42. The van der Waals surface area contributed by atoms with Gasteiger partial charge in [-0.2, -0.15) is 0 Å². The molecule has 0 aromatic heterocycles. The Balaban J connectivity index is 2.11. The van der Waals surface area contributed by atoms with Crippen LogP contribution >= 0.6 is 0 Å². The highest BCUT2D eigenvalue weighted by Crippen LogP contribution is 2.36. The maximum absolute atomic E-state index is 2.56. The first-order valence-electron chi connectivity index (χ1n) is 9.37. The highest BCUT2D eigenvalue weighted by atomic mass is 28.3. The molecule has 0 saturated carbocycles. The third-order valence-electron chi connectivity index (χ3n) is 5.21. The van der Waals surface area contributed by atoms with Crippen molar-refractivity contribution in [3.8, 4) is 0 Å². The second kappa shape index (κ2) is 7.88. The highest BCUT2D eigenvalue weighted by Gasteiger charge is 2.45. The Morgan fingerprint density at radius 3 is 1.50 bits per heavy atom. The third-order valence-corrected chi connectivity index (χ3v) is 10.8. The van der Waals surface area contributed by atoms with Crippen LogP contribution in [0.1, 0.15) is 26.3 Å². The topological polar surface area (TPSA) is 0 Å². The maximum Gasteiger partial charge on any atom is 0.146 e.